The topological polar surface area (TPSA) is 127 Å². The summed E-state index contributed by atoms with van der Waals surface area (Å²) in [6, 6.07) is 7.65. The van der Waals surface area contributed by atoms with Crippen LogP contribution in [-0.4, -0.2) is 88.6 Å². The van der Waals surface area contributed by atoms with Crippen molar-refractivity contribution in [3.05, 3.63) is 35.1 Å². The molecule has 7 rings (SSSR count). The highest BCUT2D eigenvalue weighted by Gasteiger charge is 2.49. The van der Waals surface area contributed by atoms with Crippen molar-refractivity contribution >= 4 is 60.9 Å². The summed E-state index contributed by atoms with van der Waals surface area (Å²) in [6.45, 7) is 2.59. The molecule has 3 fully saturated rings. The Morgan fingerprint density at radius 2 is 2.07 bits per heavy atom. The molecule has 3 saturated heterocycles. The Morgan fingerprint density at radius 1 is 1.22 bits per heavy atom. The number of nitrogens with two attached hydrogens (primary N) is 2. The molecule has 214 valence electrons. The third-order valence-electron chi connectivity index (χ3n) is 8.68. The Kier molecular flexibility index (Phi) is 6.61. The van der Waals surface area contributed by atoms with Gasteiger partial charge in [-0.2, -0.15) is 9.97 Å². The highest BCUT2D eigenvalue weighted by Crippen LogP contribution is 2.45. The molecule has 2 aromatic heterocycles. The van der Waals surface area contributed by atoms with Gasteiger partial charge in [-0.15, -0.1) is 0 Å². The van der Waals surface area contributed by atoms with Crippen LogP contribution in [0.5, 0.6) is 6.01 Å². The van der Waals surface area contributed by atoms with Crippen molar-refractivity contribution in [2.75, 3.05) is 50.5 Å². The molecule has 3 aliphatic rings. The second-order valence-corrected chi connectivity index (χ2v) is 12.4. The number of carbonyl (C=O) groups excluding carboxylic acids is 1. The third-order valence-corrected chi connectivity index (χ3v) is 9.91. The van der Waals surface area contributed by atoms with Crippen LogP contribution in [0.2, 0.25) is 5.02 Å². The Morgan fingerprint density at radius 3 is 2.85 bits per heavy atom. The lowest BCUT2D eigenvalue weighted by molar-refractivity contribution is -0.131. The van der Waals surface area contributed by atoms with E-state index in [1.54, 1.807) is 6.07 Å². The summed E-state index contributed by atoms with van der Waals surface area (Å²) in [5.41, 5.74) is 13.3. The summed E-state index contributed by atoms with van der Waals surface area (Å²) < 4.78 is 23.5. The number of nitrogen functional groups attached to an aromatic ring is 1. The zero-order valence-electron chi connectivity index (χ0n) is 22.5. The number of anilines is 2. The molecular formula is C28H30ClFN8O2S. The number of carbonyl (C=O) groups is 1. The number of likely N-dealkylation sites (tertiary alicyclic amines) is 2. The van der Waals surface area contributed by atoms with E-state index in [-0.39, 0.29) is 52.7 Å². The van der Waals surface area contributed by atoms with Gasteiger partial charge in [0.1, 0.15) is 17.9 Å². The van der Waals surface area contributed by atoms with Crippen LogP contribution in [0.15, 0.2) is 24.3 Å². The van der Waals surface area contributed by atoms with E-state index in [1.165, 1.54) is 11.3 Å². The van der Waals surface area contributed by atoms with E-state index >= 15 is 4.39 Å². The summed E-state index contributed by atoms with van der Waals surface area (Å²) >= 11 is 8.11. The Bertz CT molecular complexity index is 1680. The minimum Gasteiger partial charge on any atom is -0.462 e. The van der Waals surface area contributed by atoms with Crippen molar-refractivity contribution in [1.29, 1.82) is 0 Å². The molecule has 0 radical (unpaired) electrons. The molecule has 0 bridgehead atoms. The number of aromatic nitrogens is 3. The maximum Gasteiger partial charge on any atom is 0.319 e. The van der Waals surface area contributed by atoms with Crippen LogP contribution in [0.3, 0.4) is 0 Å². The zero-order valence-corrected chi connectivity index (χ0v) is 24.1. The van der Waals surface area contributed by atoms with Gasteiger partial charge in [-0.05, 0) is 45.0 Å². The number of hydrogen-bond acceptors (Lipinski definition) is 10. The Balaban J connectivity index is 1.34. The molecule has 5 heterocycles. The number of thiazole rings is 1. The molecule has 0 saturated carbocycles. The van der Waals surface area contributed by atoms with Gasteiger partial charge in [0.2, 0.25) is 5.91 Å². The number of benzene rings is 2. The molecule has 4 N–H and O–H groups in total. The number of rotatable bonds is 6. The SMILES string of the molecule is CN1CCCC1COc1nc(N2CC3C2CCN3C(=O)CN)c2cc(Cl)c(-c3cccc4nc(N)sc34)c(F)c2n1. The molecule has 3 unspecified atom stereocenters. The number of amides is 1. The number of fused-ring (bicyclic) bond motifs is 3. The number of halogens is 2. The smallest absolute Gasteiger partial charge is 0.319 e. The Hall–Kier alpha value is -3.32. The van der Waals surface area contributed by atoms with Gasteiger partial charge in [-0.1, -0.05) is 35.1 Å². The van der Waals surface area contributed by atoms with E-state index in [4.69, 9.17) is 32.8 Å². The van der Waals surface area contributed by atoms with Crippen molar-refractivity contribution in [3.63, 3.8) is 0 Å². The van der Waals surface area contributed by atoms with Crippen LogP contribution in [0.4, 0.5) is 15.3 Å². The van der Waals surface area contributed by atoms with Crippen molar-refractivity contribution in [1.82, 2.24) is 24.8 Å². The Labute approximate surface area is 245 Å². The lowest BCUT2D eigenvalue weighted by Crippen LogP contribution is -2.63. The lowest BCUT2D eigenvalue weighted by atomic mass is 9.95. The summed E-state index contributed by atoms with van der Waals surface area (Å²) in [6.07, 6.45) is 2.90. The second kappa shape index (κ2) is 10.2. The molecular weight excluding hydrogens is 567 g/mol. The maximum atomic E-state index is 16.6. The van der Waals surface area contributed by atoms with Crippen LogP contribution >= 0.6 is 22.9 Å². The quantitative estimate of drug-likeness (QED) is 0.344. The van der Waals surface area contributed by atoms with Crippen molar-refractivity contribution < 1.29 is 13.9 Å². The number of nitrogens with zero attached hydrogens (tertiary/aromatic N) is 6. The van der Waals surface area contributed by atoms with Crippen LogP contribution in [0.1, 0.15) is 19.3 Å². The molecule has 41 heavy (non-hydrogen) atoms. The average molecular weight is 597 g/mol. The first kappa shape index (κ1) is 26.6. The fourth-order valence-electron chi connectivity index (χ4n) is 6.50. The van der Waals surface area contributed by atoms with E-state index in [0.29, 0.717) is 47.1 Å². The normalized spacial score (nSPS) is 22.5. The molecule has 4 aromatic rings. The van der Waals surface area contributed by atoms with Gasteiger partial charge in [0.05, 0.1) is 33.9 Å². The van der Waals surface area contributed by atoms with Crippen molar-refractivity contribution in [3.8, 4) is 17.1 Å². The fraction of sp³-hybridized carbons (Fsp3) is 0.429. The van der Waals surface area contributed by atoms with E-state index in [9.17, 15) is 4.79 Å². The molecule has 13 heteroatoms. The van der Waals surface area contributed by atoms with E-state index in [0.717, 1.165) is 30.5 Å². The standard InChI is InChI=1S/C28H30ClFN8O2S/c1-36-8-3-4-14(36)13-40-28-34-24-16(26(35-28)38-12-20-19(38)7-9-37(20)21(39)11-31)10-17(29)22(23(24)30)15-5-2-6-18-25(15)41-27(32)33-18/h2,5-6,10,14,19-20H,3-4,7-9,11-13,31H2,1H3,(H2,32,33). The van der Waals surface area contributed by atoms with Gasteiger partial charge in [0.25, 0.3) is 0 Å². The predicted octanol–water partition coefficient (Wildman–Crippen LogP) is 3.50. The molecule has 0 spiro atoms. The zero-order chi connectivity index (χ0) is 28.4. The third kappa shape index (κ3) is 4.35. The second-order valence-electron chi connectivity index (χ2n) is 10.9. The molecule has 1 amide bonds. The molecule has 10 nitrogen and oxygen atoms in total. The predicted molar refractivity (Wildman–Crippen MR) is 159 cm³/mol. The van der Waals surface area contributed by atoms with E-state index in [1.807, 2.05) is 23.1 Å². The minimum absolute atomic E-state index is 0.0188. The first-order chi connectivity index (χ1) is 19.8. The van der Waals surface area contributed by atoms with E-state index in [2.05, 4.69) is 26.8 Å². The first-order valence-corrected chi connectivity index (χ1v) is 15.0. The molecule has 0 aliphatic carbocycles. The van der Waals surface area contributed by atoms with Gasteiger partial charge >= 0.3 is 6.01 Å². The van der Waals surface area contributed by atoms with Gasteiger partial charge < -0.3 is 30.9 Å². The van der Waals surface area contributed by atoms with E-state index < -0.39 is 5.82 Å². The van der Waals surface area contributed by atoms with Crippen LogP contribution in [-0.2, 0) is 4.79 Å². The summed E-state index contributed by atoms with van der Waals surface area (Å²) in [4.78, 5) is 32.3. The maximum absolute atomic E-state index is 16.6. The van der Waals surface area contributed by atoms with Gasteiger partial charge in [0.15, 0.2) is 10.9 Å². The van der Waals surface area contributed by atoms with Crippen LogP contribution in [0.25, 0.3) is 32.2 Å². The van der Waals surface area contributed by atoms with Crippen LogP contribution < -0.4 is 21.1 Å². The largest absolute Gasteiger partial charge is 0.462 e. The lowest BCUT2D eigenvalue weighted by Gasteiger charge is -2.47. The van der Waals surface area contributed by atoms with Crippen molar-refractivity contribution in [2.24, 2.45) is 5.73 Å². The number of hydrogen-bond donors (Lipinski definition) is 2. The summed E-state index contributed by atoms with van der Waals surface area (Å²) in [5, 5.41) is 1.14. The minimum atomic E-state index is -0.554. The number of ether oxygens (including phenoxy) is 1. The average Bonchev–Trinajstić information content (AvgIpc) is 3.63. The van der Waals surface area contributed by atoms with Gasteiger partial charge in [-0.25, -0.2) is 9.37 Å². The van der Waals surface area contributed by atoms with Crippen molar-refractivity contribution in [2.45, 2.75) is 37.4 Å². The van der Waals surface area contributed by atoms with Gasteiger partial charge in [0, 0.05) is 35.6 Å². The molecule has 3 atom stereocenters. The first-order valence-electron chi connectivity index (χ1n) is 13.8. The molecule has 2 aromatic carbocycles. The highest BCUT2D eigenvalue weighted by molar-refractivity contribution is 7.22. The monoisotopic (exact) mass is 596 g/mol. The summed E-state index contributed by atoms with van der Waals surface area (Å²) in [5.74, 6) is -0.0615. The van der Waals surface area contributed by atoms with Gasteiger partial charge in [-0.3, -0.25) is 4.79 Å². The fourth-order valence-corrected chi connectivity index (χ4v) is 7.65. The highest BCUT2D eigenvalue weighted by atomic mass is 35.5. The van der Waals surface area contributed by atoms with Crippen LogP contribution in [0, 0.1) is 5.82 Å². The molecule has 3 aliphatic heterocycles. The number of likely N-dealkylation sites (N-methyl/N-ethyl adjacent to an activating group) is 1. The summed E-state index contributed by atoms with van der Waals surface area (Å²) in [7, 11) is 2.07.